The van der Waals surface area contributed by atoms with Crippen LogP contribution in [-0.4, -0.2) is 38.7 Å². The standard InChI is InChI=1S/C31H31NO5S/c1-18(17-33)10-11-22-8-5-9-23-24(16-32-26(22)23)27(34)30-28(35)25(29(38-30)31(36)37)21-14-12-20(13-15-21)19-6-3-2-4-7-19/h5,8-10,12-16,19,32-33,35H,2-4,6-7,11,17H2,1H3,(H,36,37)/b18-10+. The maximum Gasteiger partial charge on any atom is 0.346 e. The first-order valence-electron chi connectivity index (χ1n) is 13.0. The van der Waals surface area contributed by atoms with Gasteiger partial charge in [0.1, 0.15) is 15.5 Å². The van der Waals surface area contributed by atoms with Gasteiger partial charge in [-0.3, -0.25) is 4.79 Å². The quantitative estimate of drug-likeness (QED) is 0.144. The van der Waals surface area contributed by atoms with Crippen molar-refractivity contribution in [2.75, 3.05) is 6.61 Å². The van der Waals surface area contributed by atoms with E-state index in [4.69, 9.17) is 0 Å². The number of carbonyl (C=O) groups is 2. The number of nitrogens with one attached hydrogen (secondary N) is 1. The minimum Gasteiger partial charge on any atom is -0.506 e. The Morgan fingerprint density at radius 1 is 1.05 bits per heavy atom. The number of aliphatic hydroxyl groups excluding tert-OH is 1. The Bertz CT molecular complexity index is 1520. The summed E-state index contributed by atoms with van der Waals surface area (Å²) in [6.45, 7) is 1.84. The highest BCUT2D eigenvalue weighted by molar-refractivity contribution is 7.17. The van der Waals surface area contributed by atoms with E-state index in [-0.39, 0.29) is 27.7 Å². The van der Waals surface area contributed by atoms with E-state index in [0.717, 1.165) is 40.8 Å². The van der Waals surface area contributed by atoms with Gasteiger partial charge in [0.2, 0.25) is 5.78 Å². The van der Waals surface area contributed by atoms with Gasteiger partial charge in [0.05, 0.1) is 6.61 Å². The molecular weight excluding hydrogens is 498 g/mol. The number of H-pyrrole nitrogens is 1. The van der Waals surface area contributed by atoms with Crippen LogP contribution >= 0.6 is 11.3 Å². The molecule has 0 radical (unpaired) electrons. The molecule has 0 aliphatic heterocycles. The highest BCUT2D eigenvalue weighted by Gasteiger charge is 2.29. The molecule has 0 amide bonds. The summed E-state index contributed by atoms with van der Waals surface area (Å²) in [5.41, 5.74) is 5.00. The van der Waals surface area contributed by atoms with Crippen LogP contribution in [0.5, 0.6) is 5.75 Å². The van der Waals surface area contributed by atoms with E-state index in [0.29, 0.717) is 28.9 Å². The second-order valence-corrected chi connectivity index (χ2v) is 11.1. The van der Waals surface area contributed by atoms with Crippen molar-refractivity contribution in [3.63, 3.8) is 0 Å². The number of ketones is 1. The number of aromatic carboxylic acids is 1. The number of para-hydroxylation sites is 1. The molecule has 2 aromatic carbocycles. The van der Waals surface area contributed by atoms with Crippen LogP contribution in [-0.2, 0) is 6.42 Å². The van der Waals surface area contributed by atoms with E-state index in [1.54, 1.807) is 6.20 Å². The molecule has 7 heteroatoms. The van der Waals surface area contributed by atoms with E-state index in [1.807, 2.05) is 55.5 Å². The maximum absolute atomic E-state index is 13.6. The predicted molar refractivity (Wildman–Crippen MR) is 150 cm³/mol. The molecule has 1 aliphatic carbocycles. The number of hydrogen-bond acceptors (Lipinski definition) is 5. The molecular formula is C31H31NO5S. The first kappa shape index (κ1) is 25.9. The average molecular weight is 530 g/mol. The molecule has 38 heavy (non-hydrogen) atoms. The van der Waals surface area contributed by atoms with E-state index in [2.05, 4.69) is 4.98 Å². The van der Waals surface area contributed by atoms with Crippen LogP contribution in [0, 0.1) is 0 Å². The lowest BCUT2D eigenvalue weighted by atomic mass is 9.83. The molecule has 196 valence electrons. The van der Waals surface area contributed by atoms with Gasteiger partial charge in [0, 0.05) is 28.2 Å². The fraction of sp³-hybridized carbons (Fsp3) is 0.290. The van der Waals surface area contributed by atoms with Gasteiger partial charge in [-0.15, -0.1) is 11.3 Å². The van der Waals surface area contributed by atoms with Crippen LogP contribution in [0.15, 0.2) is 60.3 Å². The molecule has 0 saturated heterocycles. The van der Waals surface area contributed by atoms with Gasteiger partial charge < -0.3 is 20.3 Å². The first-order chi connectivity index (χ1) is 18.4. The van der Waals surface area contributed by atoms with Crippen molar-refractivity contribution in [3.05, 3.63) is 86.8 Å². The second-order valence-electron chi connectivity index (χ2n) is 10.0. The molecule has 0 spiro atoms. The molecule has 2 aromatic heterocycles. The highest BCUT2D eigenvalue weighted by atomic mass is 32.1. The normalized spacial score (nSPS) is 14.7. The third-order valence-corrected chi connectivity index (χ3v) is 8.69. The van der Waals surface area contributed by atoms with Crippen molar-refractivity contribution in [3.8, 4) is 16.9 Å². The Labute approximate surface area is 225 Å². The molecule has 1 aliphatic rings. The summed E-state index contributed by atoms with van der Waals surface area (Å²) < 4.78 is 0. The number of carboxylic acid groups (broad SMARTS) is 1. The van der Waals surface area contributed by atoms with Gasteiger partial charge in [-0.1, -0.05) is 73.4 Å². The monoisotopic (exact) mass is 529 g/mol. The number of aliphatic hydroxyl groups is 1. The Hall–Kier alpha value is -3.68. The summed E-state index contributed by atoms with van der Waals surface area (Å²) in [4.78, 5) is 28.9. The maximum atomic E-state index is 13.6. The van der Waals surface area contributed by atoms with E-state index < -0.39 is 11.8 Å². The molecule has 6 nitrogen and oxygen atoms in total. The molecule has 2 heterocycles. The Morgan fingerprint density at radius 2 is 1.79 bits per heavy atom. The predicted octanol–water partition coefficient (Wildman–Crippen LogP) is 7.06. The van der Waals surface area contributed by atoms with Crippen molar-refractivity contribution in [1.82, 2.24) is 4.98 Å². The molecule has 1 saturated carbocycles. The minimum atomic E-state index is -1.18. The molecule has 4 N–H and O–H groups in total. The van der Waals surface area contributed by atoms with Gasteiger partial charge >= 0.3 is 5.97 Å². The topological polar surface area (TPSA) is 111 Å². The lowest BCUT2D eigenvalue weighted by molar-refractivity contribution is 0.0702. The number of carboxylic acids is 1. The number of benzene rings is 2. The summed E-state index contributed by atoms with van der Waals surface area (Å²) in [6.07, 6.45) is 10.2. The molecule has 4 aromatic rings. The zero-order valence-corrected chi connectivity index (χ0v) is 22.1. The van der Waals surface area contributed by atoms with Crippen molar-refractivity contribution in [1.29, 1.82) is 0 Å². The van der Waals surface area contributed by atoms with Crippen LogP contribution in [0.1, 0.15) is 81.0 Å². The second kappa shape index (κ2) is 11.0. The van der Waals surface area contributed by atoms with Crippen LogP contribution in [0.2, 0.25) is 0 Å². The number of allylic oxidation sites excluding steroid dienone is 1. The van der Waals surface area contributed by atoms with Gasteiger partial charge in [0.15, 0.2) is 0 Å². The summed E-state index contributed by atoms with van der Waals surface area (Å²) in [7, 11) is 0. The summed E-state index contributed by atoms with van der Waals surface area (Å²) in [5, 5.41) is 31.1. The molecule has 1 fully saturated rings. The van der Waals surface area contributed by atoms with E-state index in [9.17, 15) is 24.9 Å². The lowest BCUT2D eigenvalue weighted by Gasteiger charge is -2.22. The van der Waals surface area contributed by atoms with Gasteiger partial charge in [-0.25, -0.2) is 4.79 Å². The summed E-state index contributed by atoms with van der Waals surface area (Å²) in [5.74, 6) is -1.39. The fourth-order valence-corrected chi connectivity index (χ4v) is 6.41. The zero-order valence-electron chi connectivity index (χ0n) is 21.3. The number of aromatic hydroxyl groups is 1. The SMILES string of the molecule is C/C(=C\Cc1cccc2c(C(=O)c3sc(C(=O)O)c(-c4ccc(C5CCCCC5)cc4)c3O)c[nH]c12)CO. The van der Waals surface area contributed by atoms with Crippen LogP contribution in [0.4, 0.5) is 0 Å². The van der Waals surface area contributed by atoms with Gasteiger partial charge in [-0.05, 0) is 48.8 Å². The van der Waals surface area contributed by atoms with Gasteiger partial charge in [-0.2, -0.15) is 0 Å². The number of hydrogen-bond donors (Lipinski definition) is 4. The molecule has 0 unspecified atom stereocenters. The first-order valence-corrected chi connectivity index (χ1v) is 13.8. The number of carbonyl (C=O) groups excluding carboxylic acids is 1. The summed E-state index contributed by atoms with van der Waals surface area (Å²) in [6, 6.07) is 13.4. The number of thiophene rings is 1. The Kier molecular flexibility index (Phi) is 7.49. The minimum absolute atomic E-state index is 0.0103. The molecule has 0 bridgehead atoms. The third kappa shape index (κ3) is 4.91. The number of fused-ring (bicyclic) bond motifs is 1. The van der Waals surface area contributed by atoms with Gasteiger partial charge in [0.25, 0.3) is 0 Å². The fourth-order valence-electron chi connectivity index (χ4n) is 5.40. The van der Waals surface area contributed by atoms with Crippen LogP contribution in [0.25, 0.3) is 22.0 Å². The molecule has 5 rings (SSSR count). The van der Waals surface area contributed by atoms with E-state index >= 15 is 0 Å². The van der Waals surface area contributed by atoms with Crippen molar-refractivity contribution in [2.24, 2.45) is 0 Å². The van der Waals surface area contributed by atoms with E-state index in [1.165, 1.54) is 24.8 Å². The largest absolute Gasteiger partial charge is 0.506 e. The van der Waals surface area contributed by atoms with Crippen molar-refractivity contribution >= 4 is 34.0 Å². The number of aromatic nitrogens is 1. The molecule has 0 atom stereocenters. The number of rotatable bonds is 8. The summed E-state index contributed by atoms with van der Waals surface area (Å²) >= 11 is 0.807. The smallest absolute Gasteiger partial charge is 0.346 e. The van der Waals surface area contributed by atoms with Crippen LogP contribution in [0.3, 0.4) is 0 Å². The Morgan fingerprint density at radius 3 is 2.47 bits per heavy atom. The van der Waals surface area contributed by atoms with Crippen molar-refractivity contribution in [2.45, 2.75) is 51.4 Å². The third-order valence-electron chi connectivity index (χ3n) is 7.53. The van der Waals surface area contributed by atoms with Crippen molar-refractivity contribution < 1.29 is 24.9 Å². The Balaban J connectivity index is 1.51. The van der Waals surface area contributed by atoms with Crippen LogP contribution < -0.4 is 0 Å². The zero-order chi connectivity index (χ0) is 26.8. The highest BCUT2D eigenvalue weighted by Crippen LogP contribution is 2.44. The average Bonchev–Trinajstić information content (AvgIpc) is 3.54. The lowest BCUT2D eigenvalue weighted by Crippen LogP contribution is -2.04. The number of aromatic amines is 1.